The maximum absolute atomic E-state index is 10.9. The zero-order valence-electron chi connectivity index (χ0n) is 18.4. The Morgan fingerprint density at radius 3 is 1.90 bits per heavy atom. The predicted octanol–water partition coefficient (Wildman–Crippen LogP) is 6.85. The Balaban J connectivity index is 2.23. The van der Waals surface area contributed by atoms with Crippen molar-refractivity contribution in [1.29, 1.82) is 0 Å². The van der Waals surface area contributed by atoms with Crippen molar-refractivity contribution >= 4 is 5.97 Å². The first-order chi connectivity index (χ1) is 14.1. The van der Waals surface area contributed by atoms with Crippen LogP contribution in [0.1, 0.15) is 109 Å². The van der Waals surface area contributed by atoms with E-state index in [1.807, 2.05) is 30.3 Å². The van der Waals surface area contributed by atoms with E-state index in [1.54, 1.807) is 0 Å². The summed E-state index contributed by atoms with van der Waals surface area (Å²) in [6, 6.07) is 9.80. The Kier molecular flexibility index (Phi) is 14.5. The number of carboxylic acids is 1. The zero-order valence-corrected chi connectivity index (χ0v) is 18.4. The van der Waals surface area contributed by atoms with Crippen LogP contribution in [0.15, 0.2) is 30.3 Å². The van der Waals surface area contributed by atoms with Crippen molar-refractivity contribution in [2.75, 3.05) is 0 Å². The highest BCUT2D eigenvalue weighted by Gasteiger charge is 2.27. The van der Waals surface area contributed by atoms with Gasteiger partial charge in [-0.25, -0.2) is 0 Å². The number of unbranched alkanes of at least 4 members (excludes halogenated alkanes) is 10. The van der Waals surface area contributed by atoms with Crippen molar-refractivity contribution in [3.63, 3.8) is 0 Å². The van der Waals surface area contributed by atoms with Crippen LogP contribution < -0.4 is 0 Å². The largest absolute Gasteiger partial charge is 0.481 e. The number of ether oxygens (including phenoxy) is 1. The Hall–Kier alpha value is -1.39. The minimum Gasteiger partial charge on any atom is -0.481 e. The lowest BCUT2D eigenvalue weighted by molar-refractivity contribution is -0.220. The van der Waals surface area contributed by atoms with Crippen LogP contribution in [0.2, 0.25) is 0 Å². The summed E-state index contributed by atoms with van der Waals surface area (Å²) in [6.45, 7) is 2.60. The second-order valence-corrected chi connectivity index (χ2v) is 8.25. The van der Waals surface area contributed by atoms with Crippen LogP contribution in [0, 0.1) is 0 Å². The van der Waals surface area contributed by atoms with E-state index in [4.69, 9.17) is 9.84 Å². The summed E-state index contributed by atoms with van der Waals surface area (Å²) in [4.78, 5) is 10.8. The average molecular weight is 407 g/mol. The molecule has 1 aromatic rings. The van der Waals surface area contributed by atoms with Gasteiger partial charge < -0.3 is 14.9 Å². The summed E-state index contributed by atoms with van der Waals surface area (Å²) in [5.41, 5.74) is 1.02. The molecule has 0 saturated heterocycles. The van der Waals surface area contributed by atoms with Gasteiger partial charge in [-0.3, -0.25) is 4.79 Å². The number of rotatable bonds is 19. The number of hydrogen-bond acceptors (Lipinski definition) is 3. The van der Waals surface area contributed by atoms with Crippen molar-refractivity contribution < 1.29 is 19.7 Å². The molecule has 2 N–H and O–H groups in total. The molecule has 1 unspecified atom stereocenters. The molecule has 0 bridgehead atoms. The second-order valence-electron chi connectivity index (χ2n) is 8.25. The van der Waals surface area contributed by atoms with Crippen LogP contribution in [0.25, 0.3) is 0 Å². The van der Waals surface area contributed by atoms with Crippen LogP contribution in [-0.4, -0.2) is 22.0 Å². The number of carboxylic acid groups (broad SMARTS) is 1. The Morgan fingerprint density at radius 1 is 0.828 bits per heavy atom. The number of hydrogen-bond donors (Lipinski definition) is 2. The number of benzene rings is 1. The molecule has 0 aliphatic heterocycles. The first-order valence-corrected chi connectivity index (χ1v) is 11.7. The molecular weight excluding hydrogens is 364 g/mol. The van der Waals surface area contributed by atoms with Crippen LogP contribution in [0.3, 0.4) is 0 Å². The summed E-state index contributed by atoms with van der Waals surface area (Å²) >= 11 is 0. The van der Waals surface area contributed by atoms with Gasteiger partial charge in [-0.2, -0.15) is 0 Å². The van der Waals surface area contributed by atoms with Crippen LogP contribution in [-0.2, 0) is 16.1 Å². The van der Waals surface area contributed by atoms with Gasteiger partial charge in [0.2, 0.25) is 0 Å². The molecule has 0 heterocycles. The molecule has 0 aliphatic rings. The van der Waals surface area contributed by atoms with Crippen molar-refractivity contribution in [3.8, 4) is 0 Å². The van der Waals surface area contributed by atoms with Gasteiger partial charge in [-0.1, -0.05) is 101 Å². The Labute approximate surface area is 177 Å². The topological polar surface area (TPSA) is 66.8 Å². The standard InChI is InChI=1S/C25H42O4/c1-2-3-4-5-6-7-8-9-10-11-15-20-25(28,21-16-19-24(26)27)29-22-23-17-13-12-14-18-23/h12-14,17-18,28H,2-11,15-16,19-22H2,1H3,(H,26,27). The first-order valence-electron chi connectivity index (χ1n) is 11.7. The summed E-state index contributed by atoms with van der Waals surface area (Å²) in [6.07, 6.45) is 15.3. The van der Waals surface area contributed by atoms with E-state index in [-0.39, 0.29) is 6.42 Å². The minimum absolute atomic E-state index is 0.0647. The number of carbonyl (C=O) groups is 1. The normalized spacial score (nSPS) is 13.3. The van der Waals surface area contributed by atoms with Gasteiger partial charge in [0.05, 0.1) is 6.61 Å². The zero-order chi connectivity index (χ0) is 21.2. The van der Waals surface area contributed by atoms with Gasteiger partial charge in [-0.15, -0.1) is 0 Å². The van der Waals surface area contributed by atoms with Gasteiger partial charge in [0.25, 0.3) is 0 Å². The molecule has 0 radical (unpaired) electrons. The number of aliphatic hydroxyl groups is 1. The fraction of sp³-hybridized carbons (Fsp3) is 0.720. The summed E-state index contributed by atoms with van der Waals surface area (Å²) in [5.74, 6) is -2.06. The van der Waals surface area contributed by atoms with Gasteiger partial charge in [0.15, 0.2) is 5.79 Å². The smallest absolute Gasteiger partial charge is 0.303 e. The van der Waals surface area contributed by atoms with E-state index in [9.17, 15) is 9.90 Å². The molecule has 4 heteroatoms. The molecule has 0 saturated carbocycles. The molecule has 0 aromatic heterocycles. The van der Waals surface area contributed by atoms with Gasteiger partial charge in [-0.05, 0) is 18.4 Å². The van der Waals surface area contributed by atoms with Crippen LogP contribution in [0.5, 0.6) is 0 Å². The average Bonchev–Trinajstić information content (AvgIpc) is 2.71. The van der Waals surface area contributed by atoms with Gasteiger partial charge >= 0.3 is 5.97 Å². The summed E-state index contributed by atoms with van der Waals surface area (Å²) in [7, 11) is 0. The lowest BCUT2D eigenvalue weighted by Gasteiger charge is -2.28. The fourth-order valence-corrected chi connectivity index (χ4v) is 3.64. The third kappa shape index (κ3) is 14.3. The van der Waals surface area contributed by atoms with Gasteiger partial charge in [0.1, 0.15) is 0 Å². The van der Waals surface area contributed by atoms with Crippen molar-refractivity contribution in [2.45, 2.75) is 116 Å². The third-order valence-corrected chi connectivity index (χ3v) is 5.48. The molecule has 29 heavy (non-hydrogen) atoms. The lowest BCUT2D eigenvalue weighted by atomic mass is 9.99. The van der Waals surface area contributed by atoms with E-state index >= 15 is 0 Å². The summed E-state index contributed by atoms with van der Waals surface area (Å²) in [5, 5.41) is 19.8. The molecule has 1 atom stereocenters. The second kappa shape index (κ2) is 16.4. The van der Waals surface area contributed by atoms with Crippen molar-refractivity contribution in [2.24, 2.45) is 0 Å². The van der Waals surface area contributed by atoms with Crippen LogP contribution in [0.4, 0.5) is 0 Å². The predicted molar refractivity (Wildman–Crippen MR) is 119 cm³/mol. The number of aliphatic carboxylic acids is 1. The van der Waals surface area contributed by atoms with E-state index in [0.29, 0.717) is 25.9 Å². The Bertz CT molecular complexity index is 517. The lowest BCUT2D eigenvalue weighted by Crippen LogP contribution is -2.32. The van der Waals surface area contributed by atoms with E-state index < -0.39 is 11.8 Å². The maximum atomic E-state index is 10.9. The van der Waals surface area contributed by atoms with E-state index in [0.717, 1.165) is 18.4 Å². The highest BCUT2D eigenvalue weighted by molar-refractivity contribution is 5.66. The summed E-state index contributed by atoms with van der Waals surface area (Å²) < 4.78 is 5.85. The minimum atomic E-state index is -1.23. The molecule has 0 amide bonds. The quantitative estimate of drug-likeness (QED) is 0.195. The molecule has 1 aromatic carbocycles. The van der Waals surface area contributed by atoms with Gasteiger partial charge in [0, 0.05) is 19.3 Å². The monoisotopic (exact) mass is 406 g/mol. The van der Waals surface area contributed by atoms with E-state index in [2.05, 4.69) is 6.92 Å². The van der Waals surface area contributed by atoms with E-state index in [1.165, 1.54) is 57.8 Å². The molecule has 0 spiro atoms. The van der Waals surface area contributed by atoms with Crippen molar-refractivity contribution in [3.05, 3.63) is 35.9 Å². The van der Waals surface area contributed by atoms with Crippen molar-refractivity contribution in [1.82, 2.24) is 0 Å². The molecule has 0 fully saturated rings. The highest BCUT2D eigenvalue weighted by atomic mass is 16.6. The molecular formula is C25H42O4. The molecule has 1 rings (SSSR count). The SMILES string of the molecule is CCCCCCCCCCCCCC(O)(CCCC(=O)O)OCc1ccccc1. The third-order valence-electron chi connectivity index (χ3n) is 5.48. The maximum Gasteiger partial charge on any atom is 0.303 e. The highest BCUT2D eigenvalue weighted by Crippen LogP contribution is 2.25. The molecule has 4 nitrogen and oxygen atoms in total. The fourth-order valence-electron chi connectivity index (χ4n) is 3.64. The Morgan fingerprint density at radius 2 is 1.34 bits per heavy atom. The molecule has 166 valence electrons. The first kappa shape index (κ1) is 25.6. The molecule has 0 aliphatic carbocycles. The van der Waals surface area contributed by atoms with Crippen LogP contribution >= 0.6 is 0 Å².